The quantitative estimate of drug-likeness (QED) is 0.247. The summed E-state index contributed by atoms with van der Waals surface area (Å²) in [5.74, 6) is 0.127. The highest BCUT2D eigenvalue weighted by atomic mass is 32.2. The second kappa shape index (κ2) is 12.6. The number of hydrogen-bond donors (Lipinski definition) is 2. The van der Waals surface area contributed by atoms with Gasteiger partial charge in [-0.15, -0.1) is 0 Å². The standard InChI is InChI=1S/C26H28N4O5S2/c1-16-19(13-21-25(34)30(26(36)37-21)12-6-4-5-7-22(31)32)23(29(2)24(33)20(16)14-27)28-15-17-8-10-18(35-3)11-9-17/h8-11,13,28H,4-7,12,15H2,1-3H3,(H,31,32)/b21-13+. The highest BCUT2D eigenvalue weighted by Gasteiger charge is 2.32. The molecule has 0 saturated carbocycles. The van der Waals surface area contributed by atoms with Gasteiger partial charge in [-0.2, -0.15) is 5.26 Å². The van der Waals surface area contributed by atoms with Crippen molar-refractivity contribution in [1.82, 2.24) is 9.47 Å². The number of nitrogens with one attached hydrogen (secondary N) is 1. The van der Waals surface area contributed by atoms with Gasteiger partial charge in [-0.1, -0.05) is 42.5 Å². The molecule has 1 saturated heterocycles. The Hall–Kier alpha value is -3.62. The average molecular weight is 541 g/mol. The summed E-state index contributed by atoms with van der Waals surface area (Å²) < 4.78 is 7.00. The first-order valence-corrected chi connectivity index (χ1v) is 12.9. The van der Waals surface area contributed by atoms with E-state index in [1.165, 1.54) is 21.2 Å². The van der Waals surface area contributed by atoms with Crippen LogP contribution in [0.15, 0.2) is 34.0 Å². The lowest BCUT2D eigenvalue weighted by atomic mass is 10.0. The molecule has 0 bridgehead atoms. The lowest BCUT2D eigenvalue weighted by Crippen LogP contribution is -2.29. The van der Waals surface area contributed by atoms with E-state index in [1.54, 1.807) is 27.2 Å². The van der Waals surface area contributed by atoms with Gasteiger partial charge in [0.1, 0.15) is 27.5 Å². The van der Waals surface area contributed by atoms with Crippen LogP contribution in [0.3, 0.4) is 0 Å². The maximum absolute atomic E-state index is 13.2. The molecule has 9 nitrogen and oxygen atoms in total. The predicted octanol–water partition coefficient (Wildman–Crippen LogP) is 4.03. The summed E-state index contributed by atoms with van der Waals surface area (Å²) in [6.07, 6.45) is 3.62. The Balaban J connectivity index is 1.89. The average Bonchev–Trinajstić information content (AvgIpc) is 3.14. The number of methoxy groups -OCH3 is 1. The number of thioether (sulfide) groups is 1. The molecule has 1 amide bonds. The van der Waals surface area contributed by atoms with Crippen molar-refractivity contribution in [2.75, 3.05) is 19.0 Å². The molecule has 1 aromatic carbocycles. The van der Waals surface area contributed by atoms with Gasteiger partial charge in [-0.05, 0) is 49.1 Å². The van der Waals surface area contributed by atoms with Gasteiger partial charge in [0.25, 0.3) is 11.5 Å². The number of carbonyl (C=O) groups is 2. The number of aromatic nitrogens is 1. The van der Waals surface area contributed by atoms with Crippen LogP contribution in [-0.4, -0.2) is 44.4 Å². The highest BCUT2D eigenvalue weighted by Crippen LogP contribution is 2.35. The Kier molecular flexibility index (Phi) is 9.49. The number of carboxylic acid groups (broad SMARTS) is 1. The third-order valence-electron chi connectivity index (χ3n) is 6.04. The van der Waals surface area contributed by atoms with E-state index in [9.17, 15) is 19.6 Å². The van der Waals surface area contributed by atoms with Gasteiger partial charge >= 0.3 is 5.97 Å². The summed E-state index contributed by atoms with van der Waals surface area (Å²) in [4.78, 5) is 38.6. The number of rotatable bonds is 11. The van der Waals surface area contributed by atoms with E-state index in [2.05, 4.69) is 5.32 Å². The number of nitrogens with zero attached hydrogens (tertiary/aromatic N) is 3. The first kappa shape index (κ1) is 28.0. The Labute approximate surface area is 224 Å². The minimum Gasteiger partial charge on any atom is -0.497 e. The zero-order chi connectivity index (χ0) is 27.1. The Morgan fingerprint density at radius 1 is 1.24 bits per heavy atom. The summed E-state index contributed by atoms with van der Waals surface area (Å²) >= 11 is 6.59. The van der Waals surface area contributed by atoms with E-state index >= 15 is 0 Å². The summed E-state index contributed by atoms with van der Waals surface area (Å²) in [5, 5.41) is 21.7. The van der Waals surface area contributed by atoms with E-state index in [0.29, 0.717) is 58.5 Å². The third kappa shape index (κ3) is 6.58. The molecule has 194 valence electrons. The van der Waals surface area contributed by atoms with Crippen molar-refractivity contribution in [3.8, 4) is 11.8 Å². The molecular formula is C26H28N4O5S2. The van der Waals surface area contributed by atoms with Crippen LogP contribution in [0.5, 0.6) is 5.75 Å². The largest absolute Gasteiger partial charge is 0.497 e. The molecule has 1 fully saturated rings. The number of unbranched alkanes of at least 4 members (excludes halogenated alkanes) is 2. The number of carbonyl (C=O) groups excluding carboxylic acids is 1. The molecule has 2 heterocycles. The minimum atomic E-state index is -0.839. The molecule has 0 atom stereocenters. The van der Waals surface area contributed by atoms with Crippen LogP contribution >= 0.6 is 24.0 Å². The number of benzene rings is 1. The summed E-state index contributed by atoms with van der Waals surface area (Å²) in [6.45, 7) is 2.49. The molecular weight excluding hydrogens is 512 g/mol. The monoisotopic (exact) mass is 540 g/mol. The van der Waals surface area contributed by atoms with Crippen molar-refractivity contribution in [2.24, 2.45) is 7.05 Å². The van der Waals surface area contributed by atoms with Gasteiger partial charge < -0.3 is 15.2 Å². The number of carboxylic acids is 1. The van der Waals surface area contributed by atoms with E-state index in [-0.39, 0.29) is 17.9 Å². The molecule has 1 aromatic heterocycles. The maximum Gasteiger partial charge on any atom is 0.303 e. The van der Waals surface area contributed by atoms with Crippen LogP contribution in [-0.2, 0) is 23.2 Å². The molecule has 0 unspecified atom stereocenters. The molecule has 1 aliphatic heterocycles. The topological polar surface area (TPSA) is 125 Å². The van der Waals surface area contributed by atoms with Gasteiger partial charge in [0.15, 0.2) is 0 Å². The van der Waals surface area contributed by atoms with Crippen molar-refractivity contribution in [1.29, 1.82) is 5.26 Å². The number of aliphatic carboxylic acids is 1. The Morgan fingerprint density at radius 3 is 2.57 bits per heavy atom. The molecule has 11 heteroatoms. The van der Waals surface area contributed by atoms with Crippen LogP contribution in [0.25, 0.3) is 6.08 Å². The summed E-state index contributed by atoms with van der Waals surface area (Å²) in [7, 11) is 3.18. The van der Waals surface area contributed by atoms with Gasteiger partial charge in [0.2, 0.25) is 0 Å². The number of nitriles is 1. The van der Waals surface area contributed by atoms with Crippen LogP contribution in [0.2, 0.25) is 0 Å². The van der Waals surface area contributed by atoms with Gasteiger partial charge in [-0.3, -0.25) is 23.9 Å². The number of amides is 1. The third-order valence-corrected chi connectivity index (χ3v) is 7.42. The predicted molar refractivity (Wildman–Crippen MR) is 147 cm³/mol. The van der Waals surface area contributed by atoms with E-state index in [4.69, 9.17) is 22.1 Å². The number of anilines is 1. The highest BCUT2D eigenvalue weighted by molar-refractivity contribution is 8.26. The Morgan fingerprint density at radius 2 is 1.95 bits per heavy atom. The number of hydrogen-bond acceptors (Lipinski definition) is 8. The molecule has 0 radical (unpaired) electrons. The Bertz CT molecular complexity index is 1340. The first-order valence-electron chi connectivity index (χ1n) is 11.7. The van der Waals surface area contributed by atoms with Crippen LogP contribution in [0, 0.1) is 18.3 Å². The van der Waals surface area contributed by atoms with Crippen LogP contribution < -0.4 is 15.6 Å². The second-order valence-corrected chi connectivity index (χ2v) is 10.2. The van der Waals surface area contributed by atoms with Gasteiger partial charge in [-0.25, -0.2) is 0 Å². The van der Waals surface area contributed by atoms with Crippen molar-refractivity contribution in [3.63, 3.8) is 0 Å². The lowest BCUT2D eigenvalue weighted by molar-refractivity contribution is -0.137. The smallest absolute Gasteiger partial charge is 0.303 e. The molecule has 37 heavy (non-hydrogen) atoms. The molecule has 3 rings (SSSR count). The van der Waals surface area contributed by atoms with Gasteiger partial charge in [0, 0.05) is 32.1 Å². The lowest BCUT2D eigenvalue weighted by Gasteiger charge is -2.18. The fourth-order valence-corrected chi connectivity index (χ4v) is 5.21. The minimum absolute atomic E-state index is 0.0117. The summed E-state index contributed by atoms with van der Waals surface area (Å²) in [5.41, 5.74) is 1.58. The van der Waals surface area contributed by atoms with Crippen molar-refractivity contribution >= 4 is 52.1 Å². The summed E-state index contributed by atoms with van der Waals surface area (Å²) in [6, 6.07) is 9.48. The SMILES string of the molecule is COc1ccc(CNc2c(/C=C3/SC(=S)N(CCCCCC(=O)O)C3=O)c(C)c(C#N)c(=O)n2C)cc1. The van der Waals surface area contributed by atoms with E-state index in [0.717, 1.165) is 11.3 Å². The van der Waals surface area contributed by atoms with Crippen molar-refractivity contribution in [2.45, 2.75) is 39.2 Å². The van der Waals surface area contributed by atoms with Crippen molar-refractivity contribution < 1.29 is 19.4 Å². The second-order valence-electron chi connectivity index (χ2n) is 8.48. The molecule has 2 N–H and O–H groups in total. The maximum atomic E-state index is 13.2. The molecule has 0 aliphatic carbocycles. The number of thiocarbonyl (C=S) groups is 1. The fourth-order valence-electron chi connectivity index (χ4n) is 3.92. The van der Waals surface area contributed by atoms with Crippen LogP contribution in [0.1, 0.15) is 47.9 Å². The number of pyridine rings is 1. The van der Waals surface area contributed by atoms with E-state index < -0.39 is 11.5 Å². The zero-order valence-electron chi connectivity index (χ0n) is 20.9. The molecule has 2 aromatic rings. The fraction of sp³-hybridized carbons (Fsp3) is 0.346. The zero-order valence-corrected chi connectivity index (χ0v) is 22.5. The number of ether oxygens (including phenoxy) is 1. The van der Waals surface area contributed by atoms with E-state index in [1.807, 2.05) is 30.3 Å². The van der Waals surface area contributed by atoms with Crippen LogP contribution in [0.4, 0.5) is 5.82 Å². The molecule has 1 aliphatic rings. The molecule has 0 spiro atoms. The first-order chi connectivity index (χ1) is 17.7. The van der Waals surface area contributed by atoms with Gasteiger partial charge in [0.05, 0.1) is 12.0 Å². The van der Waals surface area contributed by atoms with Crippen molar-refractivity contribution in [3.05, 3.63) is 61.8 Å². The normalized spacial score (nSPS) is 14.2.